The lowest BCUT2D eigenvalue weighted by Gasteiger charge is -2.33. The molecule has 0 aliphatic carbocycles. The molecular weight excluding hydrogens is 634 g/mol. The number of hydrogen-bond donors (Lipinski definition) is 5. The van der Waals surface area contributed by atoms with Crippen LogP contribution in [0.2, 0.25) is 0 Å². The smallest absolute Gasteiger partial charge is 0.253 e. The number of primary amides is 1. The van der Waals surface area contributed by atoms with Crippen molar-refractivity contribution in [2.75, 3.05) is 13.1 Å². The van der Waals surface area contributed by atoms with Gasteiger partial charge in [-0.15, -0.1) is 0 Å². The Morgan fingerprint density at radius 2 is 1.37 bits per heavy atom. The lowest BCUT2D eigenvalue weighted by Crippen LogP contribution is -2.55. The molecule has 4 amide bonds. The fourth-order valence-electron chi connectivity index (χ4n) is 5.76. The lowest BCUT2D eigenvalue weighted by atomic mass is 9.83. The van der Waals surface area contributed by atoms with Gasteiger partial charge in [0.2, 0.25) is 11.8 Å². The molecule has 3 aromatic carbocycles. The van der Waals surface area contributed by atoms with Crippen LogP contribution in [0.3, 0.4) is 0 Å². The molecule has 0 bridgehead atoms. The maximum absolute atomic E-state index is 14.2. The summed E-state index contributed by atoms with van der Waals surface area (Å²) in [5.74, 6) is -6.11. The summed E-state index contributed by atoms with van der Waals surface area (Å²) in [7, 11) is 0. The summed E-state index contributed by atoms with van der Waals surface area (Å²) >= 11 is 0. The monoisotopic (exact) mass is 680 g/mol. The summed E-state index contributed by atoms with van der Waals surface area (Å²) in [5.41, 5.74) is 6.20. The average Bonchev–Trinajstić information content (AvgIpc) is 3.05. The number of amides is 4. The molecule has 4 atom stereocenters. The van der Waals surface area contributed by atoms with Crippen molar-refractivity contribution in [1.82, 2.24) is 15.5 Å². The first kappa shape index (κ1) is 38.8. The number of halogens is 2. The molecule has 0 unspecified atom stereocenters. The zero-order chi connectivity index (χ0) is 36.2. The largest absolute Gasteiger partial charge is 0.390 e. The van der Waals surface area contributed by atoms with Crippen LogP contribution in [0.5, 0.6) is 0 Å². The van der Waals surface area contributed by atoms with Crippen LogP contribution in [0.15, 0.2) is 66.7 Å². The topological polar surface area (TPSA) is 162 Å². The van der Waals surface area contributed by atoms with E-state index in [1.165, 1.54) is 18.2 Å². The molecule has 0 aliphatic rings. The molecule has 0 aliphatic heterocycles. The van der Waals surface area contributed by atoms with Gasteiger partial charge >= 0.3 is 0 Å². The number of nitrogens with zero attached hydrogens (tertiary/aromatic N) is 1. The molecule has 0 radical (unpaired) electrons. The number of rotatable bonds is 17. The van der Waals surface area contributed by atoms with Crippen molar-refractivity contribution in [3.05, 3.63) is 106 Å². The standard InChI is InChI=1S/C37H46F2N4O6/c1-5-12-43(13-6-2)37(49)27-18-25(34(40)46)17-26(19-27)35(47)42-30(16-24-14-28(38)20-29(39)15-24)32(44)33(45)31(22(3)4)36(48)41-21-23-10-8-7-9-11-23/h7-11,14-15,17-20,22,30-33,44-45H,5-6,12-13,16,21H2,1-4H3,(H2,40,46)(H,41,48)(H,42,47)/t30-,31+,32+,33+/m0/s1. The van der Waals surface area contributed by atoms with E-state index in [2.05, 4.69) is 10.6 Å². The second kappa shape index (κ2) is 18.2. The van der Waals surface area contributed by atoms with Crippen LogP contribution >= 0.6 is 0 Å². The van der Waals surface area contributed by atoms with Gasteiger partial charge in [-0.1, -0.05) is 58.0 Å². The second-order valence-corrected chi connectivity index (χ2v) is 12.5. The Morgan fingerprint density at radius 1 is 0.796 bits per heavy atom. The van der Waals surface area contributed by atoms with E-state index in [1.54, 1.807) is 18.7 Å². The van der Waals surface area contributed by atoms with Crippen molar-refractivity contribution >= 4 is 23.6 Å². The first-order valence-corrected chi connectivity index (χ1v) is 16.4. The number of nitrogens with two attached hydrogens (primary N) is 1. The highest BCUT2D eigenvalue weighted by molar-refractivity contribution is 6.04. The number of aliphatic hydroxyl groups excluding tert-OH is 2. The average molecular weight is 681 g/mol. The summed E-state index contributed by atoms with van der Waals surface area (Å²) < 4.78 is 28.3. The van der Waals surface area contributed by atoms with Crippen molar-refractivity contribution in [3.63, 3.8) is 0 Å². The van der Waals surface area contributed by atoms with Crippen LogP contribution < -0.4 is 16.4 Å². The van der Waals surface area contributed by atoms with Gasteiger partial charge in [0.15, 0.2) is 0 Å². The molecule has 0 saturated heterocycles. The number of nitrogens with one attached hydrogen (secondary N) is 2. The summed E-state index contributed by atoms with van der Waals surface area (Å²) in [4.78, 5) is 54.3. The lowest BCUT2D eigenvalue weighted by molar-refractivity contribution is -0.135. The summed E-state index contributed by atoms with van der Waals surface area (Å²) in [6.07, 6.45) is -2.53. The van der Waals surface area contributed by atoms with Crippen molar-refractivity contribution < 1.29 is 38.2 Å². The molecule has 12 heteroatoms. The zero-order valence-corrected chi connectivity index (χ0v) is 28.3. The van der Waals surface area contributed by atoms with Gasteiger partial charge in [-0.25, -0.2) is 8.78 Å². The number of hydrogen-bond acceptors (Lipinski definition) is 6. The zero-order valence-electron chi connectivity index (χ0n) is 28.3. The highest BCUT2D eigenvalue weighted by atomic mass is 19.1. The molecule has 0 heterocycles. The van der Waals surface area contributed by atoms with Crippen molar-refractivity contribution in [2.45, 2.75) is 71.8 Å². The Kier molecular flexibility index (Phi) is 14.4. The van der Waals surface area contributed by atoms with E-state index in [9.17, 15) is 38.2 Å². The number of carbonyl (C=O) groups excluding carboxylic acids is 4. The van der Waals surface area contributed by atoms with Gasteiger partial charge in [-0.3, -0.25) is 19.2 Å². The highest BCUT2D eigenvalue weighted by Crippen LogP contribution is 2.23. The quantitative estimate of drug-likeness (QED) is 0.145. The highest BCUT2D eigenvalue weighted by Gasteiger charge is 2.39. The maximum Gasteiger partial charge on any atom is 0.253 e. The van der Waals surface area contributed by atoms with E-state index in [0.29, 0.717) is 32.0 Å². The van der Waals surface area contributed by atoms with E-state index in [1.807, 2.05) is 44.2 Å². The molecule has 264 valence electrons. The maximum atomic E-state index is 14.2. The normalized spacial score (nSPS) is 13.7. The van der Waals surface area contributed by atoms with Crippen LogP contribution in [0, 0.1) is 23.5 Å². The minimum Gasteiger partial charge on any atom is -0.390 e. The molecule has 10 nitrogen and oxygen atoms in total. The van der Waals surface area contributed by atoms with Crippen LogP contribution in [-0.2, 0) is 17.8 Å². The molecule has 3 rings (SSSR count). The molecule has 0 spiro atoms. The molecule has 0 aromatic heterocycles. The number of benzene rings is 3. The molecular formula is C37H46F2N4O6. The van der Waals surface area contributed by atoms with Crippen LogP contribution in [0.4, 0.5) is 8.78 Å². The van der Waals surface area contributed by atoms with Crippen molar-refractivity contribution in [3.8, 4) is 0 Å². The SMILES string of the molecule is CCCN(CCC)C(=O)c1cc(C(N)=O)cc(C(=O)N[C@@H](Cc2cc(F)cc(F)c2)[C@@H](O)[C@H](O)[C@H](C(=O)NCc2ccccc2)C(C)C)c1. The van der Waals surface area contributed by atoms with Crippen LogP contribution in [0.25, 0.3) is 0 Å². The van der Waals surface area contributed by atoms with E-state index in [-0.39, 0.29) is 35.2 Å². The first-order chi connectivity index (χ1) is 23.2. The summed E-state index contributed by atoms with van der Waals surface area (Å²) in [5, 5.41) is 28.3. The fraction of sp³-hybridized carbons (Fsp3) is 0.405. The first-order valence-electron chi connectivity index (χ1n) is 16.4. The van der Waals surface area contributed by atoms with E-state index in [0.717, 1.165) is 17.7 Å². The Hall–Kier alpha value is -4.68. The molecule has 0 saturated carbocycles. The molecule has 49 heavy (non-hydrogen) atoms. The van der Waals surface area contributed by atoms with Gasteiger partial charge in [0.05, 0.1) is 18.1 Å². The van der Waals surface area contributed by atoms with Gasteiger partial charge < -0.3 is 31.5 Å². The Labute approximate surface area is 285 Å². The van der Waals surface area contributed by atoms with Crippen LogP contribution in [0.1, 0.15) is 82.7 Å². The predicted octanol–water partition coefficient (Wildman–Crippen LogP) is 3.98. The number of carbonyl (C=O) groups is 4. The molecule has 3 aromatic rings. The minimum absolute atomic E-state index is 0.0441. The van der Waals surface area contributed by atoms with E-state index >= 15 is 0 Å². The Morgan fingerprint density at radius 3 is 1.92 bits per heavy atom. The third kappa shape index (κ3) is 10.9. The van der Waals surface area contributed by atoms with Gasteiger partial charge in [0, 0.05) is 42.4 Å². The van der Waals surface area contributed by atoms with Gasteiger partial charge in [-0.05, 0) is 66.6 Å². The van der Waals surface area contributed by atoms with Gasteiger partial charge in [-0.2, -0.15) is 0 Å². The predicted molar refractivity (Wildman–Crippen MR) is 181 cm³/mol. The third-order valence-electron chi connectivity index (χ3n) is 8.16. The summed E-state index contributed by atoms with van der Waals surface area (Å²) in [6, 6.07) is 14.2. The van der Waals surface area contributed by atoms with Crippen molar-refractivity contribution in [2.24, 2.45) is 17.6 Å². The Balaban J connectivity index is 1.97. The van der Waals surface area contributed by atoms with Gasteiger partial charge in [0.25, 0.3) is 11.8 Å². The third-order valence-corrected chi connectivity index (χ3v) is 8.16. The molecule has 6 N–H and O–H groups in total. The van der Waals surface area contributed by atoms with E-state index < -0.39 is 65.3 Å². The number of aliphatic hydroxyl groups is 2. The second-order valence-electron chi connectivity index (χ2n) is 12.5. The van der Waals surface area contributed by atoms with Crippen molar-refractivity contribution in [1.29, 1.82) is 0 Å². The van der Waals surface area contributed by atoms with E-state index in [4.69, 9.17) is 5.73 Å². The Bertz CT molecular complexity index is 1580. The molecule has 0 fully saturated rings. The fourth-order valence-corrected chi connectivity index (χ4v) is 5.76. The van der Waals surface area contributed by atoms with Crippen LogP contribution in [-0.4, -0.2) is 70.1 Å². The van der Waals surface area contributed by atoms with Gasteiger partial charge in [0.1, 0.15) is 17.7 Å². The summed E-state index contributed by atoms with van der Waals surface area (Å²) in [6.45, 7) is 8.26. The minimum atomic E-state index is -1.81.